The summed E-state index contributed by atoms with van der Waals surface area (Å²) in [5.41, 5.74) is 5.68. The Morgan fingerprint density at radius 1 is 1.41 bits per heavy atom. The molecule has 0 spiro atoms. The fourth-order valence-corrected chi connectivity index (χ4v) is 5.88. The molecular weight excluding hydrogens is 408 g/mol. The number of carbonyl (C=O) groups excluding carboxylic acids is 1. The molecule has 0 radical (unpaired) electrons. The summed E-state index contributed by atoms with van der Waals surface area (Å²) in [4.78, 5) is 23.9. The standard InChI is InChI=1S/C17H25F2N5O4S/c1-23-4-3-12(7-15(23)26)21-14(25)9-24(2)29(27,28)13-6-10(17(18)19)5-11-8-20-22-16(11)13/h3-4,7,10-11,13,16-17,20,22H,5-6,8-9H2,1-2H3,(H,21,25). The molecule has 1 saturated carbocycles. The van der Waals surface area contributed by atoms with Gasteiger partial charge in [-0.25, -0.2) is 17.2 Å². The van der Waals surface area contributed by atoms with Crippen LogP contribution in [0.4, 0.5) is 14.5 Å². The number of hydrogen-bond acceptors (Lipinski definition) is 6. The first-order valence-electron chi connectivity index (χ1n) is 9.28. The number of alkyl halides is 2. The minimum absolute atomic E-state index is 0.170. The average Bonchev–Trinajstić information content (AvgIpc) is 3.12. The molecule has 1 amide bonds. The lowest BCUT2D eigenvalue weighted by atomic mass is 9.79. The van der Waals surface area contributed by atoms with Crippen LogP contribution in [0, 0.1) is 11.8 Å². The van der Waals surface area contributed by atoms with E-state index in [9.17, 15) is 26.8 Å². The van der Waals surface area contributed by atoms with Gasteiger partial charge in [0.2, 0.25) is 22.4 Å². The predicted octanol–water partition coefficient (Wildman–Crippen LogP) is -0.278. The van der Waals surface area contributed by atoms with Gasteiger partial charge in [-0.05, 0) is 24.8 Å². The van der Waals surface area contributed by atoms with Gasteiger partial charge in [0.1, 0.15) is 0 Å². The highest BCUT2D eigenvalue weighted by atomic mass is 32.2. The van der Waals surface area contributed by atoms with E-state index in [0.29, 0.717) is 6.54 Å². The van der Waals surface area contributed by atoms with Crippen LogP contribution in [-0.2, 0) is 21.9 Å². The Morgan fingerprint density at radius 3 is 2.79 bits per heavy atom. The summed E-state index contributed by atoms with van der Waals surface area (Å²) >= 11 is 0. The van der Waals surface area contributed by atoms with Gasteiger partial charge in [-0.3, -0.25) is 20.4 Å². The minimum Gasteiger partial charge on any atom is -0.325 e. The summed E-state index contributed by atoms with van der Waals surface area (Å²) in [6, 6.07) is 2.25. The maximum absolute atomic E-state index is 13.3. The highest BCUT2D eigenvalue weighted by Gasteiger charge is 2.49. The Bertz CT molecular complexity index is 923. The number of sulfonamides is 1. The van der Waals surface area contributed by atoms with Gasteiger partial charge in [0.05, 0.1) is 11.8 Å². The van der Waals surface area contributed by atoms with Gasteiger partial charge in [0.25, 0.3) is 5.56 Å². The van der Waals surface area contributed by atoms with E-state index in [1.54, 1.807) is 7.05 Å². The molecule has 4 unspecified atom stereocenters. The SMILES string of the molecule is CN(CC(=O)Nc1ccn(C)c(=O)c1)S(=O)(=O)C1CC(C(F)F)CC2CNNC21. The topological polar surface area (TPSA) is 113 Å². The predicted molar refractivity (Wildman–Crippen MR) is 103 cm³/mol. The maximum atomic E-state index is 13.3. The van der Waals surface area contributed by atoms with Gasteiger partial charge in [-0.15, -0.1) is 0 Å². The van der Waals surface area contributed by atoms with E-state index >= 15 is 0 Å². The van der Waals surface area contributed by atoms with Crippen LogP contribution in [0.2, 0.25) is 0 Å². The van der Waals surface area contributed by atoms with E-state index in [1.807, 2.05) is 0 Å². The van der Waals surface area contributed by atoms with Crippen molar-refractivity contribution >= 4 is 21.6 Å². The molecule has 3 N–H and O–H groups in total. The van der Waals surface area contributed by atoms with E-state index in [2.05, 4.69) is 16.2 Å². The fraction of sp³-hybridized carbons (Fsp3) is 0.647. The maximum Gasteiger partial charge on any atom is 0.252 e. The molecule has 2 fully saturated rings. The Labute approximate surface area is 167 Å². The Hall–Kier alpha value is -1.89. The molecule has 1 aromatic rings. The van der Waals surface area contributed by atoms with E-state index in [1.165, 1.54) is 29.9 Å². The van der Waals surface area contributed by atoms with Crippen molar-refractivity contribution in [3.8, 4) is 0 Å². The number of amides is 1. The number of hydrogen-bond donors (Lipinski definition) is 3. The first kappa shape index (κ1) is 21.8. The molecule has 3 rings (SSSR count). The number of halogens is 2. The number of nitrogens with zero attached hydrogens (tertiary/aromatic N) is 2. The quantitative estimate of drug-likeness (QED) is 0.569. The smallest absolute Gasteiger partial charge is 0.252 e. The zero-order valence-electron chi connectivity index (χ0n) is 16.1. The Kier molecular flexibility index (Phi) is 6.36. The van der Waals surface area contributed by atoms with E-state index in [0.717, 1.165) is 4.31 Å². The van der Waals surface area contributed by atoms with Gasteiger partial charge in [-0.1, -0.05) is 0 Å². The van der Waals surface area contributed by atoms with Crippen LogP contribution in [0.5, 0.6) is 0 Å². The second-order valence-corrected chi connectivity index (χ2v) is 9.89. The summed E-state index contributed by atoms with van der Waals surface area (Å²) < 4.78 is 55.0. The molecule has 12 heteroatoms. The molecule has 1 aliphatic heterocycles. The van der Waals surface area contributed by atoms with Crippen molar-refractivity contribution in [2.75, 3.05) is 25.5 Å². The molecule has 1 aliphatic carbocycles. The van der Waals surface area contributed by atoms with Crippen molar-refractivity contribution in [2.24, 2.45) is 18.9 Å². The van der Waals surface area contributed by atoms with Crippen molar-refractivity contribution < 1.29 is 22.0 Å². The first-order chi connectivity index (χ1) is 13.6. The number of rotatable bonds is 6. The largest absolute Gasteiger partial charge is 0.325 e. The lowest BCUT2D eigenvalue weighted by Gasteiger charge is -2.38. The summed E-state index contributed by atoms with van der Waals surface area (Å²) in [6.45, 7) is -0.0642. The summed E-state index contributed by atoms with van der Waals surface area (Å²) in [5.74, 6) is -1.84. The molecule has 1 aromatic heterocycles. The number of pyridine rings is 1. The van der Waals surface area contributed by atoms with Crippen molar-refractivity contribution in [3.05, 3.63) is 28.7 Å². The lowest BCUT2D eigenvalue weighted by Crippen LogP contribution is -2.54. The molecule has 9 nitrogen and oxygen atoms in total. The molecule has 2 aliphatic rings. The van der Waals surface area contributed by atoms with Crippen LogP contribution in [0.1, 0.15) is 12.8 Å². The van der Waals surface area contributed by atoms with Crippen LogP contribution in [0.15, 0.2) is 23.1 Å². The number of aromatic nitrogens is 1. The summed E-state index contributed by atoms with van der Waals surface area (Å²) in [5, 5.41) is 1.42. The monoisotopic (exact) mass is 433 g/mol. The van der Waals surface area contributed by atoms with Crippen LogP contribution in [0.25, 0.3) is 0 Å². The third-order valence-corrected chi connectivity index (χ3v) is 7.86. The van der Waals surface area contributed by atoms with Crippen molar-refractivity contribution in [3.63, 3.8) is 0 Å². The minimum atomic E-state index is -4.01. The Balaban J connectivity index is 1.71. The van der Waals surface area contributed by atoms with Crippen LogP contribution in [0.3, 0.4) is 0 Å². The zero-order chi connectivity index (χ0) is 21.3. The number of anilines is 1. The van der Waals surface area contributed by atoms with Crippen molar-refractivity contribution in [1.29, 1.82) is 0 Å². The highest BCUT2D eigenvalue weighted by Crippen LogP contribution is 2.38. The van der Waals surface area contributed by atoms with E-state index < -0.39 is 46.1 Å². The molecule has 0 bridgehead atoms. The summed E-state index contributed by atoms with van der Waals surface area (Å²) in [6.07, 6.45) is -1.04. The number of hydrazine groups is 1. The van der Waals surface area contributed by atoms with Gasteiger partial charge in [-0.2, -0.15) is 4.31 Å². The van der Waals surface area contributed by atoms with Gasteiger partial charge < -0.3 is 9.88 Å². The second kappa shape index (κ2) is 8.46. The highest BCUT2D eigenvalue weighted by molar-refractivity contribution is 7.89. The molecule has 0 aromatic carbocycles. The van der Waals surface area contributed by atoms with Crippen LogP contribution < -0.4 is 21.7 Å². The van der Waals surface area contributed by atoms with Crippen molar-refractivity contribution in [2.45, 2.75) is 30.6 Å². The van der Waals surface area contributed by atoms with Gasteiger partial charge in [0, 0.05) is 50.6 Å². The van der Waals surface area contributed by atoms with Gasteiger partial charge >= 0.3 is 0 Å². The lowest BCUT2D eigenvalue weighted by molar-refractivity contribution is -0.116. The van der Waals surface area contributed by atoms with Crippen molar-refractivity contribution in [1.82, 2.24) is 19.7 Å². The Morgan fingerprint density at radius 2 is 2.14 bits per heavy atom. The molecule has 4 atom stereocenters. The van der Waals surface area contributed by atoms with Crippen LogP contribution in [-0.4, -0.2) is 61.1 Å². The fourth-order valence-electron chi connectivity index (χ4n) is 3.97. The average molecular weight is 433 g/mol. The van der Waals surface area contributed by atoms with Crippen LogP contribution >= 0.6 is 0 Å². The molecular formula is C17H25F2N5O4S. The first-order valence-corrected chi connectivity index (χ1v) is 10.8. The molecule has 162 valence electrons. The zero-order valence-corrected chi connectivity index (χ0v) is 17.0. The van der Waals surface area contributed by atoms with E-state index in [4.69, 9.17) is 0 Å². The van der Waals surface area contributed by atoms with Gasteiger partial charge in [0.15, 0.2) is 0 Å². The molecule has 29 heavy (non-hydrogen) atoms. The second-order valence-electron chi connectivity index (χ2n) is 7.63. The van der Waals surface area contributed by atoms with E-state index in [-0.39, 0.29) is 30.0 Å². The number of likely N-dealkylation sites (N-methyl/N-ethyl adjacent to an activating group) is 1. The number of nitrogens with one attached hydrogen (secondary N) is 3. The number of fused-ring (bicyclic) bond motifs is 1. The number of aryl methyl sites for hydroxylation is 1. The summed E-state index contributed by atoms with van der Waals surface area (Å²) in [7, 11) is -1.20. The molecule has 2 heterocycles. The third kappa shape index (κ3) is 4.65. The number of carbonyl (C=O) groups is 1. The molecule has 1 saturated heterocycles. The normalized spacial score (nSPS) is 27.2. The third-order valence-electron chi connectivity index (χ3n) is 5.61.